The second kappa shape index (κ2) is 11.8. The Kier molecular flexibility index (Phi) is 8.95. The zero-order valence-corrected chi connectivity index (χ0v) is 23.7. The number of hydrogen-bond acceptors (Lipinski definition) is 9. The Morgan fingerprint density at radius 1 is 1.22 bits per heavy atom. The minimum absolute atomic E-state index is 0.0494. The van der Waals surface area contributed by atoms with Crippen LogP contribution in [0.1, 0.15) is 51.6 Å². The maximum Gasteiger partial charge on any atom is 0.573 e. The Labute approximate surface area is 239 Å². The molecule has 0 bridgehead atoms. The van der Waals surface area contributed by atoms with E-state index in [2.05, 4.69) is 24.6 Å². The first-order valence-electron chi connectivity index (χ1n) is 12.5. The van der Waals surface area contributed by atoms with Gasteiger partial charge in [0.15, 0.2) is 5.01 Å². The minimum Gasteiger partial charge on any atom is -0.481 e. The van der Waals surface area contributed by atoms with Gasteiger partial charge in [0.05, 0.1) is 16.0 Å². The zero-order valence-electron chi connectivity index (χ0n) is 22.0. The van der Waals surface area contributed by atoms with Crippen molar-refractivity contribution in [3.05, 3.63) is 29.8 Å². The number of thiazole rings is 1. The van der Waals surface area contributed by atoms with E-state index in [-0.39, 0.29) is 39.5 Å². The third kappa shape index (κ3) is 7.92. The summed E-state index contributed by atoms with van der Waals surface area (Å²) in [5, 5.41) is 13.5. The van der Waals surface area contributed by atoms with Gasteiger partial charge in [-0.1, -0.05) is 24.4 Å². The largest absolute Gasteiger partial charge is 0.573 e. The second-order valence-electron chi connectivity index (χ2n) is 10.4. The summed E-state index contributed by atoms with van der Waals surface area (Å²) < 4.78 is 90.6. The van der Waals surface area contributed by atoms with E-state index in [4.69, 9.17) is 4.52 Å². The summed E-state index contributed by atoms with van der Waals surface area (Å²) in [5.41, 5.74) is -0.615. The molecule has 1 aliphatic carbocycles. The summed E-state index contributed by atoms with van der Waals surface area (Å²) in [4.78, 5) is 20.8. The van der Waals surface area contributed by atoms with Gasteiger partial charge in [0.25, 0.3) is 0 Å². The van der Waals surface area contributed by atoms with Crippen LogP contribution in [0.25, 0.3) is 21.3 Å². The highest BCUT2D eigenvalue weighted by molar-refractivity contribution is 7.97. The molecule has 8 nitrogen and oxygen atoms in total. The zero-order chi connectivity index (χ0) is 30.2. The topological polar surface area (TPSA) is 110 Å². The molecule has 224 valence electrons. The Bertz CT molecular complexity index is 1390. The van der Waals surface area contributed by atoms with Crippen molar-refractivity contribution in [1.82, 2.24) is 19.8 Å². The molecule has 0 unspecified atom stereocenters. The molecule has 1 saturated carbocycles. The molecule has 0 amide bonds. The smallest absolute Gasteiger partial charge is 0.481 e. The summed E-state index contributed by atoms with van der Waals surface area (Å²) in [6.07, 6.45) is -6.26. The maximum atomic E-state index is 13.4. The number of halogens is 6. The molecule has 2 heterocycles. The standard InChI is InChI=1S/C25H26F6N4O4S2/c1-12(24(26,27)28)35-41-14-7-8-15(17(10-14)38-25(29,30)31)19-16(9-13-5-4-6-13)32-21(40-19)20-33-18(39-34-20)11-23(2,3)22(36)37/h7-8,10,12-13,35H,4-6,9,11H2,1-3H3,(H,36,37)/t12-/m0/s1. The highest BCUT2D eigenvalue weighted by Gasteiger charge is 2.37. The lowest BCUT2D eigenvalue weighted by atomic mass is 9.82. The Balaban J connectivity index is 1.70. The predicted octanol–water partition coefficient (Wildman–Crippen LogP) is 7.30. The van der Waals surface area contributed by atoms with Crippen LogP contribution in [0.2, 0.25) is 0 Å². The number of rotatable bonds is 11. The fourth-order valence-electron chi connectivity index (χ4n) is 3.82. The number of nitrogens with one attached hydrogen (secondary N) is 1. The quantitative estimate of drug-likeness (QED) is 0.168. The van der Waals surface area contributed by atoms with Crippen molar-refractivity contribution in [1.29, 1.82) is 0 Å². The number of carbonyl (C=O) groups is 1. The third-order valence-electron chi connectivity index (χ3n) is 6.50. The second-order valence-corrected chi connectivity index (χ2v) is 12.3. The van der Waals surface area contributed by atoms with E-state index in [1.54, 1.807) is 0 Å². The van der Waals surface area contributed by atoms with Gasteiger partial charge >= 0.3 is 18.5 Å². The first kappa shape index (κ1) is 31.1. The van der Waals surface area contributed by atoms with Crippen LogP contribution in [0, 0.1) is 11.3 Å². The molecule has 16 heteroatoms. The Morgan fingerprint density at radius 2 is 1.93 bits per heavy atom. The van der Waals surface area contributed by atoms with Crippen molar-refractivity contribution >= 4 is 29.3 Å². The summed E-state index contributed by atoms with van der Waals surface area (Å²) in [6.45, 7) is 3.90. The molecule has 1 aliphatic rings. The maximum absolute atomic E-state index is 13.4. The van der Waals surface area contributed by atoms with Gasteiger partial charge in [-0.05, 0) is 63.3 Å². The molecule has 1 aromatic carbocycles. The number of aliphatic carboxylic acids is 1. The molecule has 2 aromatic heterocycles. The molecule has 1 fully saturated rings. The molecule has 0 saturated heterocycles. The number of benzene rings is 1. The molecule has 0 spiro atoms. The lowest BCUT2D eigenvalue weighted by Gasteiger charge is -2.25. The molecular weight excluding hydrogens is 598 g/mol. The van der Waals surface area contributed by atoms with E-state index in [1.165, 1.54) is 26.0 Å². The van der Waals surface area contributed by atoms with Gasteiger partial charge in [-0.15, -0.1) is 24.5 Å². The van der Waals surface area contributed by atoms with E-state index in [1.807, 2.05) is 0 Å². The normalized spacial score (nSPS) is 15.5. The highest BCUT2D eigenvalue weighted by Crippen LogP contribution is 2.44. The third-order valence-corrected chi connectivity index (χ3v) is 8.59. The van der Waals surface area contributed by atoms with E-state index < -0.39 is 35.7 Å². The van der Waals surface area contributed by atoms with Crippen molar-refractivity contribution < 1.29 is 45.5 Å². The van der Waals surface area contributed by atoms with Crippen molar-refractivity contribution in [3.63, 3.8) is 0 Å². The van der Waals surface area contributed by atoms with Gasteiger partial charge in [0.1, 0.15) is 11.8 Å². The van der Waals surface area contributed by atoms with Gasteiger partial charge in [0, 0.05) is 16.9 Å². The number of nitrogens with zero attached hydrogens (tertiary/aromatic N) is 3. The van der Waals surface area contributed by atoms with Crippen LogP contribution in [0.15, 0.2) is 27.6 Å². The van der Waals surface area contributed by atoms with Crippen molar-refractivity contribution in [2.45, 2.75) is 76.4 Å². The number of ether oxygens (including phenoxy) is 1. The molecule has 2 N–H and O–H groups in total. The van der Waals surface area contributed by atoms with Gasteiger partial charge in [-0.2, -0.15) is 18.2 Å². The van der Waals surface area contributed by atoms with E-state index >= 15 is 0 Å². The van der Waals surface area contributed by atoms with Crippen LogP contribution in [0.3, 0.4) is 0 Å². The molecule has 0 aliphatic heterocycles. The first-order chi connectivity index (χ1) is 19.0. The van der Waals surface area contributed by atoms with Crippen molar-refractivity contribution in [3.8, 4) is 27.0 Å². The molecular formula is C25H26F6N4O4S2. The molecule has 4 rings (SSSR count). The van der Waals surface area contributed by atoms with Crippen LogP contribution in [-0.4, -0.2) is 44.8 Å². The van der Waals surface area contributed by atoms with Crippen LogP contribution in [-0.2, 0) is 17.6 Å². The summed E-state index contributed by atoms with van der Waals surface area (Å²) in [7, 11) is 0. The summed E-state index contributed by atoms with van der Waals surface area (Å²) in [5.74, 6) is -1.24. The van der Waals surface area contributed by atoms with Crippen LogP contribution < -0.4 is 9.46 Å². The minimum atomic E-state index is -5.06. The number of alkyl halides is 6. The van der Waals surface area contributed by atoms with E-state index in [9.17, 15) is 36.2 Å². The van der Waals surface area contributed by atoms with Gasteiger partial charge in [-0.25, -0.2) is 9.71 Å². The Morgan fingerprint density at radius 3 is 2.51 bits per heavy atom. The number of hydrogen-bond donors (Lipinski definition) is 2. The average molecular weight is 625 g/mol. The Hall–Kier alpha value is -2.85. The van der Waals surface area contributed by atoms with E-state index in [0.717, 1.165) is 43.6 Å². The molecule has 3 aromatic rings. The summed E-state index contributed by atoms with van der Waals surface area (Å²) >= 11 is 1.55. The first-order valence-corrected chi connectivity index (χ1v) is 14.1. The van der Waals surface area contributed by atoms with Crippen LogP contribution in [0.4, 0.5) is 26.3 Å². The molecule has 41 heavy (non-hydrogen) atoms. The SMILES string of the molecule is C[C@H](NSc1ccc(-c2sc(-c3noc(CC(C)(C)C(=O)O)n3)nc2CC2CCC2)c(OC(F)(F)F)c1)C(F)(F)F. The van der Waals surface area contributed by atoms with E-state index in [0.29, 0.717) is 28.9 Å². The van der Waals surface area contributed by atoms with Crippen LogP contribution >= 0.6 is 23.3 Å². The highest BCUT2D eigenvalue weighted by atomic mass is 32.2. The monoisotopic (exact) mass is 624 g/mol. The lowest BCUT2D eigenvalue weighted by molar-refractivity contribution is -0.274. The fraction of sp³-hybridized carbons (Fsp3) is 0.520. The van der Waals surface area contributed by atoms with Gasteiger partial charge in [-0.3, -0.25) is 4.79 Å². The number of aromatic nitrogens is 3. The molecule has 0 radical (unpaired) electrons. The average Bonchev–Trinajstić information content (AvgIpc) is 3.45. The number of carboxylic acid groups (broad SMARTS) is 1. The number of carboxylic acids is 1. The fourth-order valence-corrected chi connectivity index (χ4v) is 5.62. The summed E-state index contributed by atoms with van der Waals surface area (Å²) in [6, 6.07) is 1.86. The van der Waals surface area contributed by atoms with Gasteiger partial charge < -0.3 is 14.4 Å². The van der Waals surface area contributed by atoms with Gasteiger partial charge in [0.2, 0.25) is 11.7 Å². The van der Waals surface area contributed by atoms with Crippen molar-refractivity contribution in [2.75, 3.05) is 0 Å². The lowest BCUT2D eigenvalue weighted by Crippen LogP contribution is -2.35. The van der Waals surface area contributed by atoms with Crippen molar-refractivity contribution in [2.24, 2.45) is 11.3 Å². The van der Waals surface area contributed by atoms with Crippen LogP contribution in [0.5, 0.6) is 5.75 Å². The molecule has 1 atom stereocenters. The predicted molar refractivity (Wildman–Crippen MR) is 138 cm³/mol.